The monoisotopic (exact) mass is 729 g/mol. The molecular weight excluding hydrogens is 691 g/mol. The zero-order valence-corrected chi connectivity index (χ0v) is 32.7. The molecule has 0 fully saturated rings. The summed E-state index contributed by atoms with van der Waals surface area (Å²) < 4.78 is 6.70. The molecule has 0 saturated heterocycles. The normalized spacial score (nSPS) is 15.2. The van der Waals surface area contributed by atoms with Gasteiger partial charge in [0, 0.05) is 43.1 Å². The molecule has 0 bridgehead atoms. The van der Waals surface area contributed by atoms with E-state index < -0.39 is 18.1 Å². The summed E-state index contributed by atoms with van der Waals surface area (Å²) in [5, 5.41) is 7.92. The number of furan rings is 1. The second-order valence-electron chi connectivity index (χ2n) is 15.7. The second kappa shape index (κ2) is 11.3. The van der Waals surface area contributed by atoms with Crippen LogP contribution in [-0.4, -0.2) is 20.6 Å². The van der Waals surface area contributed by atoms with Crippen LogP contribution in [0.5, 0.6) is 0 Å². The van der Waals surface area contributed by atoms with Crippen LogP contribution in [0.3, 0.4) is 0 Å². The van der Waals surface area contributed by atoms with E-state index in [1.54, 1.807) is 0 Å². The molecule has 260 valence electrons. The third kappa shape index (κ3) is 4.41. The Morgan fingerprint density at radius 1 is 0.519 bits per heavy atom. The van der Waals surface area contributed by atoms with Gasteiger partial charge in [-0.15, -0.1) is 0 Å². The minimum atomic E-state index is -1.81. The average molecular weight is 730 g/mol. The molecule has 2 aliphatic heterocycles. The predicted octanol–water partition coefficient (Wildman–Crippen LogP) is 13.1. The lowest BCUT2D eigenvalue weighted by Crippen LogP contribution is -2.49. The van der Waals surface area contributed by atoms with E-state index in [0.29, 0.717) is 0 Å². The summed E-state index contributed by atoms with van der Waals surface area (Å²) in [7, 11) is -3.24. The van der Waals surface area contributed by atoms with E-state index >= 15 is 0 Å². The minimum absolute atomic E-state index is 0.941. The molecule has 1 aromatic heterocycles. The summed E-state index contributed by atoms with van der Waals surface area (Å²) in [6.07, 6.45) is 4.92. The maximum Gasteiger partial charge on any atom is 0.144 e. The highest BCUT2D eigenvalue weighted by molar-refractivity contribution is 8.33. The van der Waals surface area contributed by atoms with Gasteiger partial charge in [-0.25, -0.2) is 0 Å². The fourth-order valence-corrected chi connectivity index (χ4v) is 15.3. The largest absolute Gasteiger partial charge is 0.455 e. The predicted molar refractivity (Wildman–Crippen MR) is 235 cm³/mol. The first kappa shape index (κ1) is 31.7. The van der Waals surface area contributed by atoms with Crippen molar-refractivity contribution in [1.82, 2.24) is 0 Å². The zero-order valence-electron chi connectivity index (χ0n) is 30.9. The fraction of sp³-hybridized carbons (Fsp3) is 0.0800. The summed E-state index contributed by atoms with van der Waals surface area (Å²) in [6.45, 7) is 4.99. The van der Waals surface area contributed by atoms with Crippen LogP contribution in [0.1, 0.15) is 0 Å². The number of nitrogens with zero attached hydrogens (tertiary/aromatic N) is 1. The third-order valence-corrected chi connectivity index (χ3v) is 18.6. The number of benzene rings is 8. The molecule has 0 radical (unpaired) electrons. The maximum absolute atomic E-state index is 6.70. The number of para-hydroxylation sites is 1. The number of fused-ring (bicyclic) bond motifs is 11. The first-order valence-electron chi connectivity index (χ1n) is 18.7. The molecule has 4 heteroatoms. The highest BCUT2D eigenvalue weighted by Gasteiger charge is 2.40. The Morgan fingerprint density at radius 2 is 1.22 bits per heavy atom. The molecule has 3 heterocycles. The van der Waals surface area contributed by atoms with E-state index in [0.717, 1.165) is 16.9 Å². The highest BCUT2D eigenvalue weighted by Crippen LogP contribution is 2.71. The molecule has 8 aromatic carbocycles. The lowest BCUT2D eigenvalue weighted by atomic mass is 9.99. The van der Waals surface area contributed by atoms with Crippen LogP contribution < -0.4 is 15.3 Å². The van der Waals surface area contributed by atoms with Crippen molar-refractivity contribution in [3.8, 4) is 33.4 Å². The first-order chi connectivity index (χ1) is 26.3. The van der Waals surface area contributed by atoms with E-state index in [1.165, 1.54) is 86.5 Å². The van der Waals surface area contributed by atoms with E-state index in [9.17, 15) is 0 Å². The molecular formula is C50H39NOSSi. The van der Waals surface area contributed by atoms with Crippen LogP contribution in [0.2, 0.25) is 13.1 Å². The standard InChI is InChI=1S/C50H39NOSSi/c1-53(2)45-28-27-40-38-14-7-9-18-44(38)52-49(40)48(45)41-16-11-17-43(50(41)53)51(37-26-29-47-42(31-37)39-15-8-10-19-46(39)54(47,3)4)36-24-22-33(23-25-36)35-21-20-32-12-5-6-13-34(32)30-35/h5-31H,1-4H3. The molecule has 2 nitrogen and oxygen atoms in total. The maximum atomic E-state index is 6.70. The van der Waals surface area contributed by atoms with Crippen molar-refractivity contribution < 1.29 is 4.42 Å². The van der Waals surface area contributed by atoms with Crippen LogP contribution in [0.25, 0.3) is 66.1 Å². The fourth-order valence-electron chi connectivity index (χ4n) is 9.44. The summed E-state index contributed by atoms with van der Waals surface area (Å²) in [6, 6.07) is 60.9. The van der Waals surface area contributed by atoms with Gasteiger partial charge in [-0.3, -0.25) is 0 Å². The van der Waals surface area contributed by atoms with Crippen LogP contribution in [0.15, 0.2) is 178 Å². The Bertz CT molecular complexity index is 3010. The van der Waals surface area contributed by atoms with Gasteiger partial charge in [0.15, 0.2) is 0 Å². The van der Waals surface area contributed by atoms with Crippen molar-refractivity contribution >= 4 is 78.2 Å². The van der Waals surface area contributed by atoms with E-state index in [-0.39, 0.29) is 0 Å². The van der Waals surface area contributed by atoms with Crippen molar-refractivity contribution in [3.63, 3.8) is 0 Å². The summed E-state index contributed by atoms with van der Waals surface area (Å²) in [4.78, 5) is 5.32. The van der Waals surface area contributed by atoms with Gasteiger partial charge < -0.3 is 9.32 Å². The molecule has 2 aliphatic rings. The van der Waals surface area contributed by atoms with E-state index in [4.69, 9.17) is 4.42 Å². The van der Waals surface area contributed by atoms with Crippen molar-refractivity contribution in [2.24, 2.45) is 0 Å². The Labute approximate surface area is 318 Å². The smallest absolute Gasteiger partial charge is 0.144 e. The molecule has 0 unspecified atom stereocenters. The SMILES string of the molecule is C[Si]1(C)c2ccccc2-c2cc(N(c3ccc(-c4ccc5ccccc5c4)cc3)c3cccc4c3S(C)(C)c3ccc5c(oc6ccccc65)c3-4)ccc21. The Morgan fingerprint density at radius 3 is 2.09 bits per heavy atom. The number of hydrogen-bond donors (Lipinski definition) is 0. The summed E-state index contributed by atoms with van der Waals surface area (Å²) in [5.74, 6) is 0. The lowest BCUT2D eigenvalue weighted by Gasteiger charge is -2.35. The van der Waals surface area contributed by atoms with E-state index in [1.807, 2.05) is 0 Å². The average Bonchev–Trinajstić information content (AvgIpc) is 3.78. The molecule has 0 saturated carbocycles. The third-order valence-electron chi connectivity index (χ3n) is 12.1. The second-order valence-corrected chi connectivity index (χ2v) is 23.6. The topological polar surface area (TPSA) is 16.4 Å². The first-order valence-corrected chi connectivity index (χ1v) is 24.2. The molecule has 0 N–H and O–H groups in total. The Kier molecular flexibility index (Phi) is 6.66. The van der Waals surface area contributed by atoms with Gasteiger partial charge in [0.2, 0.25) is 0 Å². The van der Waals surface area contributed by atoms with Gasteiger partial charge >= 0.3 is 0 Å². The lowest BCUT2D eigenvalue weighted by molar-refractivity contribution is 0.669. The van der Waals surface area contributed by atoms with Gasteiger partial charge in [-0.05, 0) is 111 Å². The van der Waals surface area contributed by atoms with Crippen LogP contribution in [0, 0.1) is 0 Å². The molecule has 0 spiro atoms. The minimum Gasteiger partial charge on any atom is -0.455 e. The van der Waals surface area contributed by atoms with Crippen LogP contribution >= 0.6 is 10.0 Å². The van der Waals surface area contributed by atoms with Gasteiger partial charge in [0.05, 0.1) is 5.69 Å². The molecule has 9 aromatic rings. The number of hydrogen-bond acceptors (Lipinski definition) is 2. The zero-order chi connectivity index (χ0) is 36.3. The van der Waals surface area contributed by atoms with Crippen LogP contribution in [0.4, 0.5) is 17.1 Å². The summed E-state index contributed by atoms with van der Waals surface area (Å²) in [5.41, 5.74) is 13.2. The Hall–Kier alpha value is -5.81. The molecule has 0 atom stereocenters. The number of rotatable bonds is 4. The molecule has 54 heavy (non-hydrogen) atoms. The number of anilines is 3. The van der Waals surface area contributed by atoms with E-state index in [2.05, 4.69) is 194 Å². The van der Waals surface area contributed by atoms with Crippen molar-refractivity contribution in [3.05, 3.63) is 164 Å². The highest BCUT2D eigenvalue weighted by atomic mass is 32.3. The van der Waals surface area contributed by atoms with Crippen molar-refractivity contribution in [2.45, 2.75) is 22.9 Å². The van der Waals surface area contributed by atoms with Gasteiger partial charge in [0.25, 0.3) is 0 Å². The molecule has 0 aliphatic carbocycles. The van der Waals surface area contributed by atoms with Crippen molar-refractivity contribution in [2.75, 3.05) is 17.4 Å². The van der Waals surface area contributed by atoms with Gasteiger partial charge in [-0.1, -0.05) is 122 Å². The van der Waals surface area contributed by atoms with Gasteiger partial charge in [-0.2, -0.15) is 10.0 Å². The van der Waals surface area contributed by atoms with Crippen LogP contribution in [-0.2, 0) is 0 Å². The quantitative estimate of drug-likeness (QED) is 0.168. The molecule has 11 rings (SSSR count). The molecule has 0 amide bonds. The van der Waals surface area contributed by atoms with Crippen molar-refractivity contribution in [1.29, 1.82) is 0 Å². The Balaban J connectivity index is 1.13. The summed E-state index contributed by atoms with van der Waals surface area (Å²) >= 11 is 0. The van der Waals surface area contributed by atoms with Gasteiger partial charge in [0.1, 0.15) is 19.2 Å².